The van der Waals surface area contributed by atoms with Crippen molar-refractivity contribution in [2.24, 2.45) is 0 Å². The Balaban J connectivity index is 1.78. The van der Waals surface area contributed by atoms with Crippen LogP contribution in [0.15, 0.2) is 42.5 Å². The summed E-state index contributed by atoms with van der Waals surface area (Å²) in [5.41, 5.74) is 1.46. The van der Waals surface area contributed by atoms with E-state index in [1.165, 1.54) is 6.07 Å². The quantitative estimate of drug-likeness (QED) is 0.176. The number of aromatic nitrogens is 2. The third-order valence-corrected chi connectivity index (χ3v) is 6.01. The molecular weight excluding hydrogens is 520 g/mol. The van der Waals surface area contributed by atoms with E-state index in [4.69, 9.17) is 15.9 Å². The van der Waals surface area contributed by atoms with Crippen molar-refractivity contribution in [2.45, 2.75) is 85.0 Å². The van der Waals surface area contributed by atoms with Crippen molar-refractivity contribution in [3.8, 4) is 12.3 Å². The van der Waals surface area contributed by atoms with Gasteiger partial charge in [-0.05, 0) is 98.1 Å². The van der Waals surface area contributed by atoms with Crippen LogP contribution in [0.5, 0.6) is 0 Å². The summed E-state index contributed by atoms with van der Waals surface area (Å²) in [6, 6.07) is 11.8. The second-order valence-electron chi connectivity index (χ2n) is 11.9. The monoisotopic (exact) mass is 560 g/mol. The van der Waals surface area contributed by atoms with Crippen molar-refractivity contribution in [1.82, 2.24) is 14.9 Å². The van der Waals surface area contributed by atoms with Crippen molar-refractivity contribution in [2.75, 3.05) is 11.9 Å². The van der Waals surface area contributed by atoms with Gasteiger partial charge in [0.05, 0.1) is 22.2 Å². The van der Waals surface area contributed by atoms with Crippen LogP contribution in [0, 0.1) is 12.3 Å². The highest BCUT2D eigenvalue weighted by Gasteiger charge is 2.22. The first-order valence-corrected chi connectivity index (χ1v) is 13.8. The maximum Gasteiger partial charge on any atom is 0.407 e. The van der Waals surface area contributed by atoms with Gasteiger partial charge in [0, 0.05) is 18.2 Å². The molecule has 0 radical (unpaired) electrons. The molecule has 9 heteroatoms. The van der Waals surface area contributed by atoms with Gasteiger partial charge in [0.2, 0.25) is 5.95 Å². The van der Waals surface area contributed by atoms with Crippen LogP contribution in [0.3, 0.4) is 0 Å². The Hall–Kier alpha value is -4.32. The zero-order valence-electron chi connectivity index (χ0n) is 25.0. The Morgan fingerprint density at radius 2 is 1.63 bits per heavy atom. The predicted octanol–water partition coefficient (Wildman–Crippen LogP) is 6.48. The summed E-state index contributed by atoms with van der Waals surface area (Å²) in [6.07, 6.45) is 7.67. The molecule has 9 nitrogen and oxygen atoms in total. The molecule has 2 amide bonds. The average molecular weight is 561 g/mol. The molecule has 1 atom stereocenters. The molecule has 218 valence electrons. The van der Waals surface area contributed by atoms with Gasteiger partial charge in [-0.25, -0.2) is 14.6 Å². The minimum atomic E-state index is -0.656. The number of fused-ring (bicyclic) bond motifs is 1. The van der Waals surface area contributed by atoms with E-state index < -0.39 is 29.2 Å². The van der Waals surface area contributed by atoms with Crippen LogP contribution >= 0.6 is 0 Å². The smallest absolute Gasteiger partial charge is 0.407 e. The summed E-state index contributed by atoms with van der Waals surface area (Å²) in [5, 5.41) is 5.70. The minimum Gasteiger partial charge on any atom is -0.456 e. The van der Waals surface area contributed by atoms with Gasteiger partial charge in [-0.3, -0.25) is 10.1 Å². The molecule has 0 aliphatic carbocycles. The molecule has 0 bridgehead atoms. The maximum absolute atomic E-state index is 13.3. The van der Waals surface area contributed by atoms with Crippen molar-refractivity contribution in [1.29, 1.82) is 0 Å². The number of hydrogen-bond acceptors (Lipinski definition) is 6. The van der Waals surface area contributed by atoms with E-state index in [9.17, 15) is 14.4 Å². The molecular formula is C32H40N4O5. The molecule has 0 aliphatic heterocycles. The third kappa shape index (κ3) is 8.84. The maximum atomic E-state index is 13.3. The van der Waals surface area contributed by atoms with Crippen LogP contribution in [0.1, 0.15) is 100 Å². The van der Waals surface area contributed by atoms with Gasteiger partial charge in [0.15, 0.2) is 0 Å². The number of unbranched alkanes of at least 4 members (excludes halogenated alkanes) is 1. The summed E-state index contributed by atoms with van der Waals surface area (Å²) >= 11 is 0. The minimum absolute atomic E-state index is 0.0700. The summed E-state index contributed by atoms with van der Waals surface area (Å²) < 4.78 is 12.7. The van der Waals surface area contributed by atoms with Crippen LogP contribution in [0.4, 0.5) is 10.7 Å². The number of alkyl carbamates (subject to hydrolysis) is 1. The van der Waals surface area contributed by atoms with E-state index in [2.05, 4.69) is 21.5 Å². The number of carbonyl (C=O) groups is 3. The largest absolute Gasteiger partial charge is 0.456 e. The molecule has 2 N–H and O–H groups in total. The lowest BCUT2D eigenvalue weighted by molar-refractivity contribution is 0.00691. The second-order valence-corrected chi connectivity index (χ2v) is 11.9. The normalized spacial score (nSPS) is 12.3. The summed E-state index contributed by atoms with van der Waals surface area (Å²) in [7, 11) is 0. The number of imidazole rings is 1. The lowest BCUT2D eigenvalue weighted by atomic mass is 10.1. The molecule has 3 rings (SSSR count). The number of anilines is 1. The third-order valence-electron chi connectivity index (χ3n) is 6.01. The lowest BCUT2D eigenvalue weighted by Gasteiger charge is -2.20. The lowest BCUT2D eigenvalue weighted by Crippen LogP contribution is -2.33. The van der Waals surface area contributed by atoms with E-state index in [-0.39, 0.29) is 11.6 Å². The second kappa shape index (κ2) is 12.9. The van der Waals surface area contributed by atoms with E-state index in [1.807, 2.05) is 50.5 Å². The van der Waals surface area contributed by atoms with Gasteiger partial charge < -0.3 is 19.4 Å². The number of benzene rings is 2. The Kier molecular flexibility index (Phi) is 9.82. The fourth-order valence-electron chi connectivity index (χ4n) is 4.28. The molecule has 2 aromatic carbocycles. The number of hydrogen-bond donors (Lipinski definition) is 2. The number of terminal acetylenes is 1. The van der Waals surface area contributed by atoms with Gasteiger partial charge in [0.25, 0.3) is 5.91 Å². The number of para-hydroxylation sites is 1. The predicted molar refractivity (Wildman–Crippen MR) is 160 cm³/mol. The van der Waals surface area contributed by atoms with Gasteiger partial charge in [-0.2, -0.15) is 0 Å². The van der Waals surface area contributed by atoms with Crippen LogP contribution in [-0.2, 0) is 9.47 Å². The molecule has 3 aromatic rings. The highest BCUT2D eigenvalue weighted by atomic mass is 16.6. The summed E-state index contributed by atoms with van der Waals surface area (Å²) in [6.45, 7) is 13.3. The number of nitrogens with one attached hydrogen (secondary N) is 2. The van der Waals surface area contributed by atoms with Crippen molar-refractivity contribution < 1.29 is 23.9 Å². The summed E-state index contributed by atoms with van der Waals surface area (Å²) in [5.74, 6) is 2.16. The molecule has 0 unspecified atom stereocenters. The number of amides is 2. The molecule has 0 fully saturated rings. The van der Waals surface area contributed by atoms with Gasteiger partial charge in [0.1, 0.15) is 11.2 Å². The number of rotatable bonds is 9. The van der Waals surface area contributed by atoms with Gasteiger partial charge in [-0.15, -0.1) is 6.42 Å². The topological polar surface area (TPSA) is 112 Å². The number of ether oxygens (including phenoxy) is 2. The first-order valence-electron chi connectivity index (χ1n) is 13.8. The molecule has 41 heavy (non-hydrogen) atoms. The fourth-order valence-corrected chi connectivity index (χ4v) is 4.28. The van der Waals surface area contributed by atoms with Gasteiger partial charge >= 0.3 is 12.1 Å². The number of esters is 1. The Labute approximate surface area is 242 Å². The van der Waals surface area contributed by atoms with E-state index in [0.29, 0.717) is 29.1 Å². The Morgan fingerprint density at radius 3 is 2.29 bits per heavy atom. The molecule has 0 saturated carbocycles. The van der Waals surface area contributed by atoms with E-state index >= 15 is 0 Å². The zero-order valence-corrected chi connectivity index (χ0v) is 25.0. The molecule has 0 spiro atoms. The van der Waals surface area contributed by atoms with Gasteiger partial charge in [-0.1, -0.05) is 18.1 Å². The zero-order chi connectivity index (χ0) is 30.4. The molecule has 0 saturated heterocycles. The van der Waals surface area contributed by atoms with E-state index in [0.717, 1.165) is 24.8 Å². The van der Waals surface area contributed by atoms with Crippen molar-refractivity contribution in [3.63, 3.8) is 0 Å². The van der Waals surface area contributed by atoms with Crippen LogP contribution in [-0.4, -0.2) is 45.3 Å². The number of carbonyl (C=O) groups excluding carboxylic acids is 3. The highest BCUT2D eigenvalue weighted by Crippen LogP contribution is 2.30. The standard InChI is InChI=1S/C32H40N4O5/c1-9-22-15-13-18-25-26(22)36(21(2)14-10-11-19-33-30(39)41-32(6,7)8)29(34-25)35-27(37)23-16-12-17-24(20-23)28(38)40-31(3,4)5/h1,12-13,15-18,20-21H,10-11,14,19H2,2-8H3,(H,33,39)(H,34,35,37)/t21-/m0/s1. The molecule has 1 aromatic heterocycles. The fraction of sp³-hybridized carbons (Fsp3) is 0.438. The Morgan fingerprint density at radius 1 is 0.976 bits per heavy atom. The van der Waals surface area contributed by atoms with Crippen molar-refractivity contribution in [3.05, 3.63) is 59.2 Å². The first kappa shape index (κ1) is 31.2. The summed E-state index contributed by atoms with van der Waals surface area (Å²) in [4.78, 5) is 42.5. The van der Waals surface area contributed by atoms with Crippen LogP contribution < -0.4 is 10.6 Å². The van der Waals surface area contributed by atoms with Crippen LogP contribution in [0.25, 0.3) is 11.0 Å². The SMILES string of the molecule is C#Cc1cccc2nc(NC(=O)c3cccc(C(=O)OC(C)(C)C)c3)n([C@@H](C)CCCCNC(=O)OC(C)(C)C)c12. The van der Waals surface area contributed by atoms with Crippen LogP contribution in [0.2, 0.25) is 0 Å². The van der Waals surface area contributed by atoms with E-state index in [1.54, 1.807) is 39.0 Å². The Bertz CT molecular complexity index is 1450. The first-order chi connectivity index (χ1) is 19.2. The number of nitrogens with zero attached hydrogens (tertiary/aromatic N) is 2. The van der Waals surface area contributed by atoms with Crippen molar-refractivity contribution >= 4 is 35.0 Å². The molecule has 0 aliphatic rings. The highest BCUT2D eigenvalue weighted by molar-refractivity contribution is 6.05. The molecule has 1 heterocycles. The average Bonchev–Trinajstić information content (AvgIpc) is 3.24.